The van der Waals surface area contributed by atoms with Gasteiger partial charge in [0.05, 0.1) is 10.8 Å². The fourth-order valence-corrected chi connectivity index (χ4v) is 5.04. The summed E-state index contributed by atoms with van der Waals surface area (Å²) in [6.45, 7) is 5.59. The lowest BCUT2D eigenvalue weighted by Crippen LogP contribution is -2.45. The minimum absolute atomic E-state index is 0.0333. The number of nitrogens with one attached hydrogen (secondary N) is 1. The number of carbonyl (C=O) groups excluding carboxylic acids is 1. The molecule has 1 N–H and O–H groups in total. The zero-order chi connectivity index (χ0) is 19.4. The van der Waals surface area contributed by atoms with E-state index >= 15 is 0 Å². The van der Waals surface area contributed by atoms with Gasteiger partial charge in [0, 0.05) is 19.6 Å². The Kier molecular flexibility index (Phi) is 6.17. The Bertz CT molecular complexity index is 909. The van der Waals surface area contributed by atoms with E-state index in [4.69, 9.17) is 0 Å². The molecule has 146 valence electrons. The molecule has 2 aromatic rings. The third-order valence-corrected chi connectivity index (χ3v) is 7.00. The predicted octanol–water partition coefficient (Wildman–Crippen LogP) is 3.40. The third kappa shape index (κ3) is 4.68. The Hall–Kier alpha value is -1.92. The average Bonchev–Trinajstić information content (AvgIpc) is 2.67. The average molecular weight is 389 g/mol. The molecule has 0 saturated carbocycles. The highest BCUT2D eigenvalue weighted by Crippen LogP contribution is 2.26. The number of sulfonamides is 1. The highest BCUT2D eigenvalue weighted by atomic mass is 32.2. The zero-order valence-electron chi connectivity index (χ0n) is 16.0. The first-order chi connectivity index (χ1) is 12.9. The molecule has 0 aliphatic carbocycles. The lowest BCUT2D eigenvalue weighted by atomic mass is 9.98. The van der Waals surface area contributed by atoms with Gasteiger partial charge >= 0.3 is 0 Å². The van der Waals surface area contributed by atoms with Crippen LogP contribution in [0.4, 0.5) is 0 Å². The Morgan fingerprint density at radius 3 is 2.67 bits per heavy atom. The van der Waals surface area contributed by atoms with Crippen molar-refractivity contribution in [2.75, 3.05) is 19.6 Å². The van der Waals surface area contributed by atoms with Crippen molar-refractivity contribution < 1.29 is 13.2 Å². The molecule has 1 amide bonds. The summed E-state index contributed by atoms with van der Waals surface area (Å²) in [4.78, 5) is 12.7. The molecule has 0 radical (unpaired) electrons. The number of hydrogen-bond donors (Lipinski definition) is 1. The summed E-state index contributed by atoms with van der Waals surface area (Å²) in [5.74, 6) is 0.219. The maximum absolute atomic E-state index is 13.1. The predicted molar refractivity (Wildman–Crippen MR) is 108 cm³/mol. The largest absolute Gasteiger partial charge is 0.356 e. The minimum atomic E-state index is -3.60. The van der Waals surface area contributed by atoms with Gasteiger partial charge in [-0.15, -0.1) is 0 Å². The van der Waals surface area contributed by atoms with Crippen molar-refractivity contribution in [1.82, 2.24) is 9.62 Å². The number of hydrogen-bond acceptors (Lipinski definition) is 3. The van der Waals surface area contributed by atoms with E-state index in [1.165, 1.54) is 4.31 Å². The molecular formula is C21H28N2O3S. The minimum Gasteiger partial charge on any atom is -0.356 e. The summed E-state index contributed by atoms with van der Waals surface area (Å²) in [6.07, 6.45) is 2.36. The van der Waals surface area contributed by atoms with Crippen molar-refractivity contribution in [2.45, 2.75) is 38.0 Å². The quantitative estimate of drug-likeness (QED) is 0.825. The Labute approximate surface area is 161 Å². The molecule has 27 heavy (non-hydrogen) atoms. The molecule has 0 bridgehead atoms. The number of nitrogens with zero attached hydrogens (tertiary/aromatic N) is 1. The molecule has 1 aliphatic heterocycles. The first-order valence-corrected chi connectivity index (χ1v) is 11.1. The van der Waals surface area contributed by atoms with Crippen LogP contribution in [0, 0.1) is 11.8 Å². The van der Waals surface area contributed by atoms with Crippen LogP contribution in [-0.4, -0.2) is 38.3 Å². The van der Waals surface area contributed by atoms with Crippen LogP contribution in [0.25, 0.3) is 10.8 Å². The van der Waals surface area contributed by atoms with Crippen molar-refractivity contribution in [2.24, 2.45) is 11.8 Å². The summed E-state index contributed by atoms with van der Waals surface area (Å²) in [7, 11) is -3.60. The van der Waals surface area contributed by atoms with Gasteiger partial charge in [-0.05, 0) is 48.1 Å². The molecule has 5 nitrogen and oxygen atoms in total. The number of rotatable bonds is 6. The first-order valence-electron chi connectivity index (χ1n) is 9.64. The summed E-state index contributed by atoms with van der Waals surface area (Å²) in [6, 6.07) is 12.9. The van der Waals surface area contributed by atoms with Gasteiger partial charge in [-0.1, -0.05) is 44.2 Å². The topological polar surface area (TPSA) is 66.5 Å². The lowest BCUT2D eigenvalue weighted by Gasteiger charge is -2.31. The molecule has 1 aliphatic rings. The standard InChI is InChI=1S/C21H28N2O3S/c1-16(2)11-12-22-21(24)19-8-5-13-23(15-19)27(25,26)20-10-9-17-6-3-4-7-18(17)14-20/h3-4,6-7,9-10,14,16,19H,5,8,11-13,15H2,1-2H3,(H,22,24). The van der Waals surface area contributed by atoms with E-state index < -0.39 is 10.0 Å². The van der Waals surface area contributed by atoms with Crippen LogP contribution in [0.15, 0.2) is 47.4 Å². The second-order valence-corrected chi connectivity index (χ2v) is 9.62. The van der Waals surface area contributed by atoms with E-state index in [1.54, 1.807) is 12.1 Å². The molecule has 1 heterocycles. The molecule has 1 atom stereocenters. The van der Waals surface area contributed by atoms with Crippen LogP contribution < -0.4 is 5.32 Å². The third-order valence-electron chi connectivity index (χ3n) is 5.13. The van der Waals surface area contributed by atoms with E-state index in [0.717, 1.165) is 23.6 Å². The molecule has 1 fully saturated rings. The lowest BCUT2D eigenvalue weighted by molar-refractivity contribution is -0.126. The summed E-state index contributed by atoms with van der Waals surface area (Å²) < 4.78 is 27.7. The van der Waals surface area contributed by atoms with Crippen molar-refractivity contribution in [3.05, 3.63) is 42.5 Å². The van der Waals surface area contributed by atoms with E-state index in [-0.39, 0.29) is 18.4 Å². The van der Waals surface area contributed by atoms with E-state index in [2.05, 4.69) is 19.2 Å². The molecule has 1 saturated heterocycles. The number of carbonyl (C=O) groups is 1. The van der Waals surface area contributed by atoms with Crippen LogP contribution in [0.3, 0.4) is 0 Å². The van der Waals surface area contributed by atoms with Gasteiger partial charge in [-0.25, -0.2) is 8.42 Å². The van der Waals surface area contributed by atoms with Gasteiger partial charge in [0.25, 0.3) is 0 Å². The molecule has 6 heteroatoms. The second-order valence-electron chi connectivity index (χ2n) is 7.68. The first kappa shape index (κ1) is 19.8. The van der Waals surface area contributed by atoms with Crippen molar-refractivity contribution in [3.8, 4) is 0 Å². The van der Waals surface area contributed by atoms with Gasteiger partial charge in [0.1, 0.15) is 0 Å². The molecular weight excluding hydrogens is 360 g/mol. The van der Waals surface area contributed by atoms with E-state index in [0.29, 0.717) is 30.3 Å². The second kappa shape index (κ2) is 8.40. The molecule has 3 rings (SSSR count). The van der Waals surface area contributed by atoms with Gasteiger partial charge in [-0.2, -0.15) is 4.31 Å². The van der Waals surface area contributed by atoms with E-state index in [9.17, 15) is 13.2 Å². The maximum Gasteiger partial charge on any atom is 0.243 e. The fraction of sp³-hybridized carbons (Fsp3) is 0.476. The highest BCUT2D eigenvalue weighted by molar-refractivity contribution is 7.89. The zero-order valence-corrected chi connectivity index (χ0v) is 16.8. The van der Waals surface area contributed by atoms with Crippen molar-refractivity contribution >= 4 is 26.7 Å². The molecule has 1 unspecified atom stereocenters. The monoisotopic (exact) mass is 388 g/mol. The van der Waals surface area contributed by atoms with Crippen LogP contribution in [-0.2, 0) is 14.8 Å². The van der Waals surface area contributed by atoms with Gasteiger partial charge in [0.2, 0.25) is 15.9 Å². The normalized spacial score (nSPS) is 18.7. The highest BCUT2D eigenvalue weighted by Gasteiger charge is 2.33. The van der Waals surface area contributed by atoms with Crippen LogP contribution in [0.2, 0.25) is 0 Å². The molecule has 2 aromatic carbocycles. The fourth-order valence-electron chi connectivity index (χ4n) is 3.48. The van der Waals surface area contributed by atoms with Crippen LogP contribution in [0.5, 0.6) is 0 Å². The smallest absolute Gasteiger partial charge is 0.243 e. The van der Waals surface area contributed by atoms with Crippen LogP contribution >= 0.6 is 0 Å². The van der Waals surface area contributed by atoms with E-state index in [1.807, 2.05) is 30.3 Å². The Morgan fingerprint density at radius 2 is 1.93 bits per heavy atom. The number of piperidine rings is 1. The number of benzene rings is 2. The van der Waals surface area contributed by atoms with Gasteiger partial charge in [0.15, 0.2) is 0 Å². The summed E-state index contributed by atoms with van der Waals surface area (Å²) in [5.41, 5.74) is 0. The number of fused-ring (bicyclic) bond motifs is 1. The number of amides is 1. The Balaban J connectivity index is 1.72. The van der Waals surface area contributed by atoms with Gasteiger partial charge in [-0.3, -0.25) is 4.79 Å². The van der Waals surface area contributed by atoms with Crippen molar-refractivity contribution in [1.29, 1.82) is 0 Å². The Morgan fingerprint density at radius 1 is 1.19 bits per heavy atom. The summed E-state index contributed by atoms with van der Waals surface area (Å²) in [5, 5.41) is 4.87. The SMILES string of the molecule is CC(C)CCNC(=O)C1CCCN(S(=O)(=O)c2ccc3ccccc3c2)C1. The maximum atomic E-state index is 13.1. The van der Waals surface area contributed by atoms with Gasteiger partial charge < -0.3 is 5.32 Å². The van der Waals surface area contributed by atoms with Crippen molar-refractivity contribution in [3.63, 3.8) is 0 Å². The van der Waals surface area contributed by atoms with Crippen LogP contribution in [0.1, 0.15) is 33.1 Å². The molecule has 0 aromatic heterocycles. The summed E-state index contributed by atoms with van der Waals surface area (Å²) >= 11 is 0. The molecule has 0 spiro atoms.